The molecule has 90 valence electrons. The SMILES string of the molecule is C=Cc1[nH]c2ccccc2c1/C(C)=C\C.CN. The Kier molecular flexibility index (Phi) is 4.73. The molecule has 1 aromatic carbocycles. The zero-order chi connectivity index (χ0) is 12.8. The minimum absolute atomic E-state index is 1.10. The van der Waals surface area contributed by atoms with Gasteiger partial charge in [-0.25, -0.2) is 0 Å². The number of hydrogen-bond acceptors (Lipinski definition) is 1. The molecule has 2 heteroatoms. The number of hydrogen-bond donors (Lipinski definition) is 2. The number of para-hydroxylation sites is 1. The topological polar surface area (TPSA) is 41.8 Å². The van der Waals surface area contributed by atoms with Gasteiger partial charge in [0.2, 0.25) is 0 Å². The number of aromatic nitrogens is 1. The Hall–Kier alpha value is -1.80. The molecule has 1 aromatic heterocycles. The lowest BCUT2D eigenvalue weighted by atomic mass is 10.0. The maximum atomic E-state index is 4.50. The summed E-state index contributed by atoms with van der Waals surface area (Å²) in [5.41, 5.74) is 9.32. The first-order chi connectivity index (χ1) is 8.27. The van der Waals surface area contributed by atoms with Crippen molar-refractivity contribution in [1.29, 1.82) is 0 Å². The molecular weight excluding hydrogens is 208 g/mol. The van der Waals surface area contributed by atoms with E-state index in [0.717, 1.165) is 5.69 Å². The molecule has 2 aromatic rings. The van der Waals surface area contributed by atoms with Crippen LogP contribution in [0, 0.1) is 0 Å². The molecule has 0 aliphatic carbocycles. The summed E-state index contributed by atoms with van der Waals surface area (Å²) in [4.78, 5) is 3.37. The number of nitrogens with one attached hydrogen (secondary N) is 1. The number of allylic oxidation sites excluding steroid dienone is 2. The summed E-state index contributed by atoms with van der Waals surface area (Å²) in [7, 11) is 1.50. The highest BCUT2D eigenvalue weighted by Gasteiger charge is 2.09. The molecule has 0 aliphatic heterocycles. The van der Waals surface area contributed by atoms with E-state index in [1.165, 1.54) is 29.1 Å². The van der Waals surface area contributed by atoms with E-state index in [1.807, 2.05) is 12.1 Å². The molecule has 0 amide bonds. The van der Waals surface area contributed by atoms with Crippen LogP contribution in [0.1, 0.15) is 25.1 Å². The molecule has 1 heterocycles. The first-order valence-electron chi connectivity index (χ1n) is 5.72. The molecule has 0 radical (unpaired) electrons. The van der Waals surface area contributed by atoms with E-state index in [2.05, 4.69) is 55.4 Å². The zero-order valence-corrected chi connectivity index (χ0v) is 10.7. The molecule has 17 heavy (non-hydrogen) atoms. The van der Waals surface area contributed by atoms with Crippen molar-refractivity contribution in [3.05, 3.63) is 48.2 Å². The summed E-state index contributed by atoms with van der Waals surface area (Å²) >= 11 is 0. The predicted molar refractivity (Wildman–Crippen MR) is 77.8 cm³/mol. The molecule has 0 aliphatic rings. The third kappa shape index (κ3) is 2.48. The van der Waals surface area contributed by atoms with Crippen LogP contribution in [0.3, 0.4) is 0 Å². The van der Waals surface area contributed by atoms with Crippen molar-refractivity contribution in [2.75, 3.05) is 7.05 Å². The van der Waals surface area contributed by atoms with Crippen molar-refractivity contribution in [3.63, 3.8) is 0 Å². The molecule has 3 N–H and O–H groups in total. The lowest BCUT2D eigenvalue weighted by Crippen LogP contribution is -1.80. The zero-order valence-electron chi connectivity index (χ0n) is 10.7. The third-order valence-electron chi connectivity index (χ3n) is 2.77. The van der Waals surface area contributed by atoms with E-state index in [9.17, 15) is 0 Å². The van der Waals surface area contributed by atoms with Gasteiger partial charge in [0.1, 0.15) is 0 Å². The Bertz CT molecular complexity index is 533. The van der Waals surface area contributed by atoms with Gasteiger partial charge < -0.3 is 10.7 Å². The highest BCUT2D eigenvalue weighted by atomic mass is 14.7. The van der Waals surface area contributed by atoms with Crippen molar-refractivity contribution in [2.45, 2.75) is 13.8 Å². The second kappa shape index (κ2) is 6.06. The van der Waals surface area contributed by atoms with Crippen molar-refractivity contribution in [1.82, 2.24) is 4.98 Å². The molecule has 2 rings (SSSR count). The van der Waals surface area contributed by atoms with Crippen LogP contribution >= 0.6 is 0 Å². The fraction of sp³-hybridized carbons (Fsp3) is 0.200. The Morgan fingerprint density at radius 2 is 1.94 bits per heavy atom. The summed E-state index contributed by atoms with van der Waals surface area (Å²) in [6.45, 7) is 8.03. The number of aromatic amines is 1. The highest BCUT2D eigenvalue weighted by molar-refractivity contribution is 5.96. The molecule has 0 bridgehead atoms. The van der Waals surface area contributed by atoms with E-state index < -0.39 is 0 Å². The number of benzene rings is 1. The Morgan fingerprint density at radius 1 is 1.29 bits per heavy atom. The van der Waals surface area contributed by atoms with Gasteiger partial charge in [-0.2, -0.15) is 0 Å². The number of rotatable bonds is 2. The largest absolute Gasteiger partial charge is 0.355 e. The van der Waals surface area contributed by atoms with E-state index in [4.69, 9.17) is 0 Å². The first kappa shape index (κ1) is 13.3. The second-order valence-electron chi connectivity index (χ2n) is 3.64. The van der Waals surface area contributed by atoms with E-state index in [1.54, 1.807) is 0 Å². The average Bonchev–Trinajstić information content (AvgIpc) is 2.78. The highest BCUT2D eigenvalue weighted by Crippen LogP contribution is 2.29. The van der Waals surface area contributed by atoms with E-state index >= 15 is 0 Å². The summed E-state index contributed by atoms with van der Waals surface area (Å²) in [6, 6.07) is 8.34. The number of nitrogens with two attached hydrogens (primary N) is 1. The lowest BCUT2D eigenvalue weighted by molar-refractivity contribution is 1.41. The third-order valence-corrected chi connectivity index (χ3v) is 2.77. The van der Waals surface area contributed by atoms with Gasteiger partial charge in [0.25, 0.3) is 0 Å². The molecule has 0 spiro atoms. The van der Waals surface area contributed by atoms with Gasteiger partial charge in [-0.15, -0.1) is 0 Å². The van der Waals surface area contributed by atoms with Crippen LogP contribution in [0.5, 0.6) is 0 Å². The van der Waals surface area contributed by atoms with Gasteiger partial charge in [0, 0.05) is 22.2 Å². The molecule has 0 saturated carbocycles. The van der Waals surface area contributed by atoms with Crippen LogP contribution in [0.4, 0.5) is 0 Å². The molecular formula is C15H20N2. The smallest absolute Gasteiger partial charge is 0.0464 e. The standard InChI is InChI=1S/C14H15N.CH5N/c1-4-10(3)14-11-8-6-7-9-13(11)15-12(14)5-2;1-2/h4-9,15H,2H2,1,3H3;2H2,1H3/b10-4-;. The van der Waals surface area contributed by atoms with Crippen LogP contribution < -0.4 is 5.73 Å². The average molecular weight is 228 g/mol. The van der Waals surface area contributed by atoms with Crippen molar-refractivity contribution in [2.24, 2.45) is 5.73 Å². The maximum Gasteiger partial charge on any atom is 0.0464 e. The van der Waals surface area contributed by atoms with Crippen LogP contribution in [0.25, 0.3) is 22.6 Å². The van der Waals surface area contributed by atoms with Crippen molar-refractivity contribution < 1.29 is 0 Å². The summed E-state index contributed by atoms with van der Waals surface area (Å²) < 4.78 is 0. The van der Waals surface area contributed by atoms with Crippen LogP contribution in [-0.4, -0.2) is 12.0 Å². The quantitative estimate of drug-likeness (QED) is 0.806. The molecule has 0 fully saturated rings. The van der Waals surface area contributed by atoms with Gasteiger partial charge in [0.15, 0.2) is 0 Å². The van der Waals surface area contributed by atoms with Crippen molar-refractivity contribution >= 4 is 22.6 Å². The van der Waals surface area contributed by atoms with Crippen LogP contribution in [-0.2, 0) is 0 Å². The van der Waals surface area contributed by atoms with Crippen LogP contribution in [0.2, 0.25) is 0 Å². The first-order valence-corrected chi connectivity index (χ1v) is 5.72. The van der Waals surface area contributed by atoms with Gasteiger partial charge in [-0.3, -0.25) is 0 Å². The monoisotopic (exact) mass is 228 g/mol. The van der Waals surface area contributed by atoms with E-state index in [-0.39, 0.29) is 0 Å². The van der Waals surface area contributed by atoms with E-state index in [0.29, 0.717) is 0 Å². The van der Waals surface area contributed by atoms with Gasteiger partial charge in [-0.05, 0) is 38.6 Å². The Morgan fingerprint density at radius 3 is 2.53 bits per heavy atom. The summed E-state index contributed by atoms with van der Waals surface area (Å²) in [5, 5.41) is 1.27. The molecule has 0 saturated heterocycles. The molecule has 0 unspecified atom stereocenters. The van der Waals surface area contributed by atoms with Gasteiger partial charge in [-0.1, -0.05) is 30.9 Å². The Balaban J connectivity index is 0.000000686. The normalized spacial score (nSPS) is 10.9. The number of H-pyrrole nitrogens is 1. The minimum atomic E-state index is 1.10. The second-order valence-corrected chi connectivity index (χ2v) is 3.64. The van der Waals surface area contributed by atoms with Crippen molar-refractivity contribution in [3.8, 4) is 0 Å². The summed E-state index contributed by atoms with van der Waals surface area (Å²) in [6.07, 6.45) is 4.00. The fourth-order valence-corrected chi connectivity index (χ4v) is 1.89. The maximum absolute atomic E-state index is 4.50. The Labute approximate surface area is 103 Å². The molecule has 0 atom stereocenters. The van der Waals surface area contributed by atoms with Gasteiger partial charge in [0.05, 0.1) is 0 Å². The fourth-order valence-electron chi connectivity index (χ4n) is 1.89. The van der Waals surface area contributed by atoms with Gasteiger partial charge >= 0.3 is 0 Å². The predicted octanol–water partition coefficient (Wildman–Crippen LogP) is 3.81. The molecule has 2 nitrogen and oxygen atoms in total. The number of fused-ring (bicyclic) bond motifs is 1. The lowest BCUT2D eigenvalue weighted by Gasteiger charge is -2.00. The minimum Gasteiger partial charge on any atom is -0.355 e. The summed E-state index contributed by atoms with van der Waals surface area (Å²) in [5.74, 6) is 0. The van der Waals surface area contributed by atoms with Crippen LogP contribution in [0.15, 0.2) is 36.9 Å².